The zero-order chi connectivity index (χ0) is 14.5. The van der Waals surface area contributed by atoms with Crippen LogP contribution in [0.5, 0.6) is 0 Å². The lowest BCUT2D eigenvalue weighted by atomic mass is 10.0. The molecule has 1 heterocycles. The van der Waals surface area contributed by atoms with Gasteiger partial charge in [-0.25, -0.2) is 4.98 Å². The van der Waals surface area contributed by atoms with E-state index in [4.69, 9.17) is 0 Å². The maximum atomic E-state index is 11.4. The molecule has 0 atom stereocenters. The summed E-state index contributed by atoms with van der Waals surface area (Å²) in [5.41, 5.74) is 2.03. The zero-order valence-corrected chi connectivity index (χ0v) is 12.4. The van der Waals surface area contributed by atoms with Gasteiger partial charge in [0, 0.05) is 35.0 Å². The molecule has 0 unspecified atom stereocenters. The first-order chi connectivity index (χ1) is 10.3. The second kappa shape index (κ2) is 6.59. The Morgan fingerprint density at radius 2 is 1.90 bits per heavy atom. The number of rotatable bonds is 4. The van der Waals surface area contributed by atoms with Crippen LogP contribution in [-0.4, -0.2) is 10.8 Å². The number of pyridine rings is 1. The van der Waals surface area contributed by atoms with Gasteiger partial charge in [0.1, 0.15) is 5.03 Å². The number of aromatic nitrogens is 1. The van der Waals surface area contributed by atoms with Crippen LogP contribution < -0.4 is 5.32 Å². The lowest BCUT2D eigenvalue weighted by Crippen LogP contribution is -2.08. The van der Waals surface area contributed by atoms with Gasteiger partial charge in [-0.15, -0.1) is 0 Å². The summed E-state index contributed by atoms with van der Waals surface area (Å²) in [6.45, 7) is 0. The lowest BCUT2D eigenvalue weighted by Gasteiger charge is -2.14. The molecular formula is C17H16N2OS. The maximum Gasteiger partial charge on any atom is 0.157 e. The van der Waals surface area contributed by atoms with Gasteiger partial charge in [-0.1, -0.05) is 17.8 Å². The van der Waals surface area contributed by atoms with Crippen LogP contribution in [-0.2, 0) is 4.79 Å². The van der Waals surface area contributed by atoms with Crippen LogP contribution in [0.15, 0.2) is 70.4 Å². The molecule has 0 saturated carbocycles. The number of carbonyl (C=O) groups is 1. The molecule has 3 rings (SSSR count). The Hall–Kier alpha value is -2.07. The van der Waals surface area contributed by atoms with E-state index < -0.39 is 0 Å². The first-order valence-electron chi connectivity index (χ1n) is 6.99. The van der Waals surface area contributed by atoms with E-state index in [-0.39, 0.29) is 5.78 Å². The van der Waals surface area contributed by atoms with Crippen molar-refractivity contribution in [2.45, 2.75) is 29.2 Å². The van der Waals surface area contributed by atoms with Gasteiger partial charge in [0.2, 0.25) is 0 Å². The van der Waals surface area contributed by atoms with Gasteiger partial charge in [-0.05, 0) is 49.2 Å². The minimum atomic E-state index is 0.214. The van der Waals surface area contributed by atoms with E-state index in [9.17, 15) is 4.79 Å². The minimum absolute atomic E-state index is 0.214. The summed E-state index contributed by atoms with van der Waals surface area (Å²) in [6, 6.07) is 14.1. The summed E-state index contributed by atoms with van der Waals surface area (Å²) in [6.07, 6.45) is 6.07. The number of ketones is 1. The Balaban J connectivity index is 1.65. The Labute approximate surface area is 128 Å². The standard InChI is InChI=1S/C17H16N2OS/c20-15-5-3-4-14(12-15)19-13-7-9-16(10-8-13)21-17-6-1-2-11-18-17/h1-2,6-12,19H,3-5H2. The summed E-state index contributed by atoms with van der Waals surface area (Å²) in [5.74, 6) is 0.214. The highest BCUT2D eigenvalue weighted by Crippen LogP contribution is 2.27. The van der Waals surface area contributed by atoms with Gasteiger partial charge < -0.3 is 5.32 Å². The quantitative estimate of drug-likeness (QED) is 0.914. The van der Waals surface area contributed by atoms with E-state index in [0.717, 1.165) is 34.1 Å². The van der Waals surface area contributed by atoms with Gasteiger partial charge >= 0.3 is 0 Å². The van der Waals surface area contributed by atoms with Gasteiger partial charge in [-0.2, -0.15) is 0 Å². The van der Waals surface area contributed by atoms with Crippen LogP contribution >= 0.6 is 11.8 Å². The molecule has 0 spiro atoms. The highest BCUT2D eigenvalue weighted by molar-refractivity contribution is 7.99. The second-order valence-corrected chi connectivity index (χ2v) is 6.00. The van der Waals surface area contributed by atoms with Crippen LogP contribution in [0.25, 0.3) is 0 Å². The molecule has 1 N–H and O–H groups in total. The predicted octanol–water partition coefficient (Wildman–Crippen LogP) is 4.28. The summed E-state index contributed by atoms with van der Waals surface area (Å²) >= 11 is 1.64. The summed E-state index contributed by atoms with van der Waals surface area (Å²) in [5, 5.41) is 4.30. The first kappa shape index (κ1) is 13.9. The van der Waals surface area contributed by atoms with E-state index in [1.165, 1.54) is 0 Å². The van der Waals surface area contributed by atoms with Crippen LogP contribution in [0.3, 0.4) is 0 Å². The zero-order valence-electron chi connectivity index (χ0n) is 11.6. The van der Waals surface area contributed by atoms with Crippen molar-refractivity contribution in [2.75, 3.05) is 5.32 Å². The molecule has 1 aliphatic rings. The van der Waals surface area contributed by atoms with Gasteiger partial charge in [-0.3, -0.25) is 4.79 Å². The molecular weight excluding hydrogens is 280 g/mol. The number of hydrogen-bond acceptors (Lipinski definition) is 4. The van der Waals surface area contributed by atoms with Crippen molar-refractivity contribution < 1.29 is 4.79 Å². The van der Waals surface area contributed by atoms with Crippen molar-refractivity contribution in [1.82, 2.24) is 4.98 Å². The lowest BCUT2D eigenvalue weighted by molar-refractivity contribution is -0.115. The fourth-order valence-corrected chi connectivity index (χ4v) is 2.98. The highest BCUT2D eigenvalue weighted by Gasteiger charge is 2.09. The molecule has 0 saturated heterocycles. The smallest absolute Gasteiger partial charge is 0.157 e. The van der Waals surface area contributed by atoms with Crippen molar-refractivity contribution in [2.24, 2.45) is 0 Å². The topological polar surface area (TPSA) is 42.0 Å². The summed E-state index contributed by atoms with van der Waals surface area (Å²) in [4.78, 5) is 16.8. The van der Waals surface area contributed by atoms with Gasteiger partial charge in [0.25, 0.3) is 0 Å². The molecule has 21 heavy (non-hydrogen) atoms. The molecule has 0 amide bonds. The van der Waals surface area contributed by atoms with Crippen LogP contribution in [0.2, 0.25) is 0 Å². The van der Waals surface area contributed by atoms with Crippen molar-refractivity contribution in [1.29, 1.82) is 0 Å². The third kappa shape index (κ3) is 3.95. The van der Waals surface area contributed by atoms with Crippen LogP contribution in [0, 0.1) is 0 Å². The average Bonchev–Trinajstić information content (AvgIpc) is 2.50. The third-order valence-electron chi connectivity index (χ3n) is 3.22. The SMILES string of the molecule is O=C1C=C(Nc2ccc(Sc3ccccn3)cc2)CCC1. The molecule has 106 valence electrons. The number of benzene rings is 1. The van der Waals surface area contributed by atoms with E-state index in [0.29, 0.717) is 6.42 Å². The fraction of sp³-hybridized carbons (Fsp3) is 0.176. The van der Waals surface area contributed by atoms with E-state index in [1.807, 2.05) is 30.3 Å². The summed E-state index contributed by atoms with van der Waals surface area (Å²) in [7, 11) is 0. The Morgan fingerprint density at radius 3 is 2.62 bits per heavy atom. The fourth-order valence-electron chi connectivity index (χ4n) is 2.21. The molecule has 0 fully saturated rings. The maximum absolute atomic E-state index is 11.4. The number of allylic oxidation sites excluding steroid dienone is 2. The molecule has 0 radical (unpaired) electrons. The first-order valence-corrected chi connectivity index (χ1v) is 7.81. The van der Waals surface area contributed by atoms with Crippen LogP contribution in [0.4, 0.5) is 5.69 Å². The molecule has 1 aliphatic carbocycles. The minimum Gasteiger partial charge on any atom is -0.359 e. The van der Waals surface area contributed by atoms with Crippen molar-refractivity contribution in [3.8, 4) is 0 Å². The third-order valence-corrected chi connectivity index (χ3v) is 4.18. The molecule has 0 aliphatic heterocycles. The molecule has 1 aromatic carbocycles. The Morgan fingerprint density at radius 1 is 1.05 bits per heavy atom. The normalized spacial score (nSPS) is 14.7. The van der Waals surface area contributed by atoms with Crippen molar-refractivity contribution >= 4 is 23.2 Å². The monoisotopic (exact) mass is 296 g/mol. The highest BCUT2D eigenvalue weighted by atomic mass is 32.2. The number of anilines is 1. The Kier molecular flexibility index (Phi) is 4.36. The molecule has 1 aromatic heterocycles. The number of nitrogens with one attached hydrogen (secondary N) is 1. The second-order valence-electron chi connectivity index (χ2n) is 4.91. The average molecular weight is 296 g/mol. The van der Waals surface area contributed by atoms with Gasteiger partial charge in [0.15, 0.2) is 5.78 Å². The largest absolute Gasteiger partial charge is 0.359 e. The van der Waals surface area contributed by atoms with E-state index in [2.05, 4.69) is 22.4 Å². The van der Waals surface area contributed by atoms with Crippen molar-refractivity contribution in [3.63, 3.8) is 0 Å². The van der Waals surface area contributed by atoms with Gasteiger partial charge in [0.05, 0.1) is 0 Å². The number of hydrogen-bond donors (Lipinski definition) is 1. The molecule has 0 bridgehead atoms. The van der Waals surface area contributed by atoms with Crippen molar-refractivity contribution in [3.05, 3.63) is 60.4 Å². The van der Waals surface area contributed by atoms with Crippen LogP contribution in [0.1, 0.15) is 19.3 Å². The summed E-state index contributed by atoms with van der Waals surface area (Å²) < 4.78 is 0. The molecule has 4 heteroatoms. The Bertz CT molecular complexity index is 650. The molecule has 2 aromatic rings. The number of nitrogens with zero attached hydrogens (tertiary/aromatic N) is 1. The van der Waals surface area contributed by atoms with E-state index >= 15 is 0 Å². The van der Waals surface area contributed by atoms with E-state index in [1.54, 1.807) is 24.0 Å². The predicted molar refractivity (Wildman–Crippen MR) is 85.4 cm³/mol. The number of carbonyl (C=O) groups excluding carboxylic acids is 1. The molecule has 3 nitrogen and oxygen atoms in total.